The molecule has 0 N–H and O–H groups in total. The number of nitrogens with zero attached hydrogens (tertiary/aromatic N) is 1. The molecule has 2 nitrogen and oxygen atoms in total. The summed E-state index contributed by atoms with van der Waals surface area (Å²) >= 11 is 3.44. The molecule has 0 fully saturated rings. The maximum absolute atomic E-state index is 10.3. The lowest BCUT2D eigenvalue weighted by Gasteiger charge is -2.05. The van der Waals surface area contributed by atoms with Gasteiger partial charge in [0.15, 0.2) is 0 Å². The standard InChI is InChI=1S/C12H10BrNO/c1-8-4-10-6-12(13)3-2-9(10)5-11(8)7-14-15/h2-6H,7H2,1H3. The fourth-order valence-electron chi connectivity index (χ4n) is 1.67. The Morgan fingerprint density at radius 1 is 1.20 bits per heavy atom. The second kappa shape index (κ2) is 4.11. The zero-order valence-corrected chi connectivity index (χ0v) is 9.91. The number of hydrogen-bond donors (Lipinski definition) is 0. The molecule has 0 amide bonds. The SMILES string of the molecule is Cc1cc2cc(Br)ccc2cc1CN=O. The van der Waals surface area contributed by atoms with Crippen molar-refractivity contribution in [3.63, 3.8) is 0 Å². The van der Waals surface area contributed by atoms with E-state index in [2.05, 4.69) is 33.2 Å². The molecule has 0 atom stereocenters. The molecule has 0 aliphatic carbocycles. The average molecular weight is 264 g/mol. The molecule has 2 rings (SSSR count). The van der Waals surface area contributed by atoms with E-state index in [4.69, 9.17) is 0 Å². The minimum Gasteiger partial charge on any atom is -0.150 e. The third kappa shape index (κ3) is 2.07. The normalized spacial score (nSPS) is 10.5. The van der Waals surface area contributed by atoms with Crippen molar-refractivity contribution in [1.29, 1.82) is 0 Å². The lowest BCUT2D eigenvalue weighted by atomic mass is 10.0. The molecule has 0 aliphatic rings. The highest BCUT2D eigenvalue weighted by molar-refractivity contribution is 9.10. The first-order valence-electron chi connectivity index (χ1n) is 4.68. The van der Waals surface area contributed by atoms with E-state index >= 15 is 0 Å². The van der Waals surface area contributed by atoms with E-state index in [0.717, 1.165) is 21.0 Å². The van der Waals surface area contributed by atoms with Crippen LogP contribution in [0.2, 0.25) is 0 Å². The van der Waals surface area contributed by atoms with Crippen molar-refractivity contribution in [3.05, 3.63) is 50.8 Å². The Labute approximate surface area is 96.4 Å². The van der Waals surface area contributed by atoms with Crippen molar-refractivity contribution < 1.29 is 0 Å². The molecule has 2 aromatic carbocycles. The highest BCUT2D eigenvalue weighted by Crippen LogP contribution is 2.23. The van der Waals surface area contributed by atoms with E-state index < -0.39 is 0 Å². The molecule has 15 heavy (non-hydrogen) atoms. The Kier molecular flexibility index (Phi) is 2.82. The quantitative estimate of drug-likeness (QED) is 0.748. The molecule has 0 saturated heterocycles. The molecule has 2 aromatic rings. The Morgan fingerprint density at radius 3 is 2.73 bits per heavy atom. The van der Waals surface area contributed by atoms with Crippen LogP contribution in [0.1, 0.15) is 11.1 Å². The van der Waals surface area contributed by atoms with Crippen molar-refractivity contribution in [2.75, 3.05) is 0 Å². The summed E-state index contributed by atoms with van der Waals surface area (Å²) in [5.41, 5.74) is 2.11. The number of nitroso groups, excluding NO2 is 1. The van der Waals surface area contributed by atoms with E-state index in [1.807, 2.05) is 25.1 Å². The minimum atomic E-state index is 0.248. The van der Waals surface area contributed by atoms with Gasteiger partial charge in [0.05, 0.1) is 0 Å². The molecule has 0 saturated carbocycles. The second-order valence-corrected chi connectivity index (χ2v) is 4.47. The van der Waals surface area contributed by atoms with Crippen LogP contribution < -0.4 is 0 Å². The van der Waals surface area contributed by atoms with Crippen LogP contribution >= 0.6 is 15.9 Å². The van der Waals surface area contributed by atoms with E-state index in [9.17, 15) is 4.91 Å². The molecule has 0 heterocycles. The number of aryl methyl sites for hydroxylation is 1. The Bertz CT molecular complexity index is 522. The minimum absolute atomic E-state index is 0.248. The van der Waals surface area contributed by atoms with Gasteiger partial charge in [-0.3, -0.25) is 0 Å². The van der Waals surface area contributed by atoms with Crippen molar-refractivity contribution in [1.82, 2.24) is 0 Å². The zero-order valence-electron chi connectivity index (χ0n) is 8.33. The van der Waals surface area contributed by atoms with Crippen LogP contribution in [0.4, 0.5) is 0 Å². The van der Waals surface area contributed by atoms with Gasteiger partial charge in [-0.25, -0.2) is 0 Å². The summed E-state index contributed by atoms with van der Waals surface area (Å²) in [5, 5.41) is 5.25. The number of benzene rings is 2. The van der Waals surface area contributed by atoms with Gasteiger partial charge in [-0.1, -0.05) is 33.2 Å². The topological polar surface area (TPSA) is 29.4 Å². The van der Waals surface area contributed by atoms with Gasteiger partial charge in [0.2, 0.25) is 0 Å². The summed E-state index contributed by atoms with van der Waals surface area (Å²) in [4.78, 5) is 10.3. The van der Waals surface area contributed by atoms with Gasteiger partial charge in [-0.15, -0.1) is 0 Å². The molecular formula is C12H10BrNO. The lowest BCUT2D eigenvalue weighted by molar-refractivity contribution is 1.04. The Balaban J connectivity index is 2.64. The predicted molar refractivity (Wildman–Crippen MR) is 65.9 cm³/mol. The van der Waals surface area contributed by atoms with Crippen molar-refractivity contribution in [2.24, 2.45) is 5.18 Å². The molecule has 0 bridgehead atoms. The third-order valence-corrected chi connectivity index (χ3v) is 2.99. The van der Waals surface area contributed by atoms with Crippen LogP contribution in [-0.2, 0) is 6.54 Å². The lowest BCUT2D eigenvalue weighted by Crippen LogP contribution is -1.87. The maximum atomic E-state index is 10.3. The first-order valence-corrected chi connectivity index (χ1v) is 5.48. The summed E-state index contributed by atoms with van der Waals surface area (Å²) in [6.07, 6.45) is 0. The largest absolute Gasteiger partial charge is 0.150 e. The fraction of sp³-hybridized carbons (Fsp3) is 0.167. The molecule has 3 heteroatoms. The third-order valence-electron chi connectivity index (χ3n) is 2.49. The average Bonchev–Trinajstić information content (AvgIpc) is 2.20. The molecule has 0 radical (unpaired) electrons. The number of hydrogen-bond acceptors (Lipinski definition) is 2. The van der Waals surface area contributed by atoms with E-state index in [1.165, 1.54) is 5.39 Å². The van der Waals surface area contributed by atoms with Gasteiger partial charge in [0.25, 0.3) is 0 Å². The second-order valence-electron chi connectivity index (χ2n) is 3.56. The smallest absolute Gasteiger partial charge is 0.106 e. The van der Waals surface area contributed by atoms with Crippen LogP contribution in [0.5, 0.6) is 0 Å². The van der Waals surface area contributed by atoms with Crippen LogP contribution in [0.3, 0.4) is 0 Å². The van der Waals surface area contributed by atoms with Gasteiger partial charge in [0.1, 0.15) is 6.54 Å². The van der Waals surface area contributed by atoms with Crippen LogP contribution in [0.15, 0.2) is 40.0 Å². The van der Waals surface area contributed by atoms with Crippen molar-refractivity contribution in [2.45, 2.75) is 13.5 Å². The first kappa shape index (κ1) is 10.3. The monoisotopic (exact) mass is 263 g/mol. The van der Waals surface area contributed by atoms with Crippen LogP contribution in [0.25, 0.3) is 10.8 Å². The molecule has 0 unspecified atom stereocenters. The predicted octanol–water partition coefficient (Wildman–Crippen LogP) is 4.18. The van der Waals surface area contributed by atoms with Gasteiger partial charge in [-0.05, 0) is 47.0 Å². The number of fused-ring (bicyclic) bond motifs is 1. The first-order chi connectivity index (χ1) is 7.20. The number of halogens is 1. The van der Waals surface area contributed by atoms with Crippen molar-refractivity contribution >= 4 is 26.7 Å². The van der Waals surface area contributed by atoms with Crippen LogP contribution in [-0.4, -0.2) is 0 Å². The van der Waals surface area contributed by atoms with Gasteiger partial charge >= 0.3 is 0 Å². The summed E-state index contributed by atoms with van der Waals surface area (Å²) in [6.45, 7) is 2.25. The van der Waals surface area contributed by atoms with Crippen LogP contribution in [0, 0.1) is 11.8 Å². The number of rotatable bonds is 2. The fourth-order valence-corrected chi connectivity index (χ4v) is 2.05. The summed E-state index contributed by atoms with van der Waals surface area (Å²) in [6, 6.07) is 10.2. The zero-order chi connectivity index (χ0) is 10.8. The molecule has 0 aromatic heterocycles. The van der Waals surface area contributed by atoms with E-state index in [-0.39, 0.29) is 6.54 Å². The highest BCUT2D eigenvalue weighted by atomic mass is 79.9. The molecular weight excluding hydrogens is 254 g/mol. The summed E-state index contributed by atoms with van der Waals surface area (Å²) in [5.74, 6) is 0. The summed E-state index contributed by atoms with van der Waals surface area (Å²) in [7, 11) is 0. The molecule has 0 aliphatic heterocycles. The Hall–Kier alpha value is -1.22. The van der Waals surface area contributed by atoms with Gasteiger partial charge in [-0.2, -0.15) is 4.91 Å². The van der Waals surface area contributed by atoms with E-state index in [0.29, 0.717) is 0 Å². The van der Waals surface area contributed by atoms with Gasteiger partial charge in [0, 0.05) is 4.47 Å². The summed E-state index contributed by atoms with van der Waals surface area (Å²) < 4.78 is 1.07. The molecule has 0 spiro atoms. The van der Waals surface area contributed by atoms with Crippen molar-refractivity contribution in [3.8, 4) is 0 Å². The van der Waals surface area contributed by atoms with Gasteiger partial charge < -0.3 is 0 Å². The van der Waals surface area contributed by atoms with E-state index in [1.54, 1.807) is 0 Å². The highest BCUT2D eigenvalue weighted by Gasteiger charge is 2.02. The Morgan fingerprint density at radius 2 is 2.00 bits per heavy atom. The maximum Gasteiger partial charge on any atom is 0.106 e. The molecule has 76 valence electrons.